The molecule has 8 nitrogen and oxygen atoms in total. The highest BCUT2D eigenvalue weighted by molar-refractivity contribution is 6.04. The summed E-state index contributed by atoms with van der Waals surface area (Å²) in [6.45, 7) is 5.16. The molecule has 0 bridgehead atoms. The molecular weight excluding hydrogens is 374 g/mol. The number of anilines is 1. The van der Waals surface area contributed by atoms with Gasteiger partial charge in [-0.25, -0.2) is 4.79 Å². The lowest BCUT2D eigenvalue weighted by Gasteiger charge is -2.23. The Morgan fingerprint density at radius 3 is 2.31 bits per heavy atom. The molecule has 0 saturated carbocycles. The van der Waals surface area contributed by atoms with E-state index >= 15 is 0 Å². The van der Waals surface area contributed by atoms with E-state index < -0.39 is 12.0 Å². The van der Waals surface area contributed by atoms with Crippen molar-refractivity contribution in [3.8, 4) is 5.75 Å². The number of ether oxygens (including phenoxy) is 2. The van der Waals surface area contributed by atoms with Crippen molar-refractivity contribution in [2.45, 2.75) is 26.8 Å². The summed E-state index contributed by atoms with van der Waals surface area (Å²) in [7, 11) is 4.57. The number of rotatable bonds is 8. The third-order valence-electron chi connectivity index (χ3n) is 4.88. The van der Waals surface area contributed by atoms with Gasteiger partial charge in [-0.05, 0) is 57.6 Å². The van der Waals surface area contributed by atoms with Gasteiger partial charge in [0.05, 0.1) is 38.1 Å². The number of hydrogen-bond acceptors (Lipinski definition) is 6. The van der Waals surface area contributed by atoms with Crippen LogP contribution in [0.1, 0.15) is 39.0 Å². The molecule has 0 unspecified atom stereocenters. The number of carbonyl (C=O) groups is 3. The zero-order valence-electron chi connectivity index (χ0n) is 17.6. The van der Waals surface area contributed by atoms with Crippen LogP contribution in [0.4, 0.5) is 5.69 Å². The van der Waals surface area contributed by atoms with Crippen molar-refractivity contribution in [1.29, 1.82) is 0 Å². The summed E-state index contributed by atoms with van der Waals surface area (Å²) in [5, 5.41) is 2.79. The first kappa shape index (κ1) is 22.2. The Morgan fingerprint density at radius 1 is 1.14 bits per heavy atom. The Balaban J connectivity index is 2.05. The number of ketones is 1. The summed E-state index contributed by atoms with van der Waals surface area (Å²) in [5.41, 5.74) is 2.47. The lowest BCUT2D eigenvalue weighted by molar-refractivity contribution is -0.117. The molecule has 1 heterocycles. The second-order valence-corrected chi connectivity index (χ2v) is 6.85. The number of hydrogen-bond donors (Lipinski definition) is 2. The third kappa shape index (κ3) is 5.03. The number of likely N-dealkylation sites (N-methyl/N-ethyl adjacent to an activating group) is 1. The Hall–Kier alpha value is -3.13. The quantitative estimate of drug-likeness (QED) is 0.521. The zero-order chi connectivity index (χ0) is 21.7. The fourth-order valence-electron chi connectivity index (χ4n) is 3.05. The van der Waals surface area contributed by atoms with Gasteiger partial charge in [0, 0.05) is 11.4 Å². The van der Waals surface area contributed by atoms with E-state index in [1.165, 1.54) is 7.11 Å². The smallest absolute Gasteiger partial charge is 0.339 e. The second kappa shape index (κ2) is 9.38. The van der Waals surface area contributed by atoms with E-state index in [-0.39, 0.29) is 18.2 Å². The number of H-pyrrole nitrogens is 1. The molecule has 29 heavy (non-hydrogen) atoms. The van der Waals surface area contributed by atoms with Crippen molar-refractivity contribution < 1.29 is 23.9 Å². The van der Waals surface area contributed by atoms with E-state index in [0.717, 1.165) is 0 Å². The molecule has 0 aliphatic carbocycles. The van der Waals surface area contributed by atoms with E-state index in [1.54, 1.807) is 64.1 Å². The maximum Gasteiger partial charge on any atom is 0.339 e. The summed E-state index contributed by atoms with van der Waals surface area (Å²) < 4.78 is 9.87. The van der Waals surface area contributed by atoms with E-state index in [0.29, 0.717) is 34.0 Å². The molecule has 1 aromatic heterocycles. The van der Waals surface area contributed by atoms with Crippen LogP contribution in [0.3, 0.4) is 0 Å². The van der Waals surface area contributed by atoms with E-state index in [2.05, 4.69) is 10.3 Å². The SMILES string of the molecule is COC(=O)c1c(C)[nH]c(C(=O)[C@H](C)N(C)CC(=O)Nc2ccc(OC)cc2)c1C. The number of nitrogens with zero attached hydrogens (tertiary/aromatic N) is 1. The van der Waals surface area contributed by atoms with Gasteiger partial charge < -0.3 is 19.8 Å². The third-order valence-corrected chi connectivity index (χ3v) is 4.88. The number of nitrogens with one attached hydrogen (secondary N) is 2. The standard InChI is InChI=1S/C21H27N3O5/c1-12-18(21(27)29-6)13(2)22-19(12)20(26)14(3)24(4)11-17(25)23-15-7-9-16(28-5)10-8-15/h7-10,14,22H,11H2,1-6H3,(H,23,25)/t14-/m0/s1. The van der Waals surface area contributed by atoms with Crippen molar-refractivity contribution in [3.05, 3.63) is 46.8 Å². The van der Waals surface area contributed by atoms with Gasteiger partial charge in [-0.3, -0.25) is 14.5 Å². The van der Waals surface area contributed by atoms with Gasteiger partial charge in [0.1, 0.15) is 5.75 Å². The number of Topliss-reactive ketones (excluding diaryl/α,β-unsaturated/α-hetero) is 1. The molecule has 8 heteroatoms. The Bertz CT molecular complexity index is 902. The Kier molecular flexibility index (Phi) is 7.17. The monoisotopic (exact) mass is 401 g/mol. The lowest BCUT2D eigenvalue weighted by Crippen LogP contribution is -2.41. The number of aromatic nitrogens is 1. The van der Waals surface area contributed by atoms with Crippen LogP contribution in [0.2, 0.25) is 0 Å². The number of benzene rings is 1. The topological polar surface area (TPSA) is 101 Å². The predicted molar refractivity (Wildman–Crippen MR) is 110 cm³/mol. The highest BCUT2D eigenvalue weighted by Crippen LogP contribution is 2.21. The van der Waals surface area contributed by atoms with Crippen LogP contribution in [0.15, 0.2) is 24.3 Å². The van der Waals surface area contributed by atoms with Gasteiger partial charge >= 0.3 is 5.97 Å². The minimum Gasteiger partial charge on any atom is -0.497 e. The van der Waals surface area contributed by atoms with Crippen molar-refractivity contribution in [1.82, 2.24) is 9.88 Å². The van der Waals surface area contributed by atoms with Crippen LogP contribution in [0, 0.1) is 13.8 Å². The first-order valence-electron chi connectivity index (χ1n) is 9.15. The molecular formula is C21H27N3O5. The number of methoxy groups -OCH3 is 2. The molecule has 1 atom stereocenters. The molecule has 156 valence electrons. The van der Waals surface area contributed by atoms with Crippen molar-refractivity contribution in [2.24, 2.45) is 0 Å². The van der Waals surface area contributed by atoms with Gasteiger partial charge in [-0.1, -0.05) is 0 Å². The Morgan fingerprint density at radius 2 is 1.76 bits per heavy atom. The summed E-state index contributed by atoms with van der Waals surface area (Å²) in [4.78, 5) is 41.8. The van der Waals surface area contributed by atoms with Crippen LogP contribution in [0.5, 0.6) is 5.75 Å². The number of carbonyl (C=O) groups excluding carboxylic acids is 3. The summed E-state index contributed by atoms with van der Waals surface area (Å²) in [5.74, 6) is -0.245. The minimum absolute atomic E-state index is 0.0293. The second-order valence-electron chi connectivity index (χ2n) is 6.85. The van der Waals surface area contributed by atoms with Crippen LogP contribution >= 0.6 is 0 Å². The molecule has 2 aromatic rings. The molecule has 2 N–H and O–H groups in total. The molecule has 0 aliphatic heterocycles. The van der Waals surface area contributed by atoms with Crippen molar-refractivity contribution in [2.75, 3.05) is 33.1 Å². The van der Waals surface area contributed by atoms with Gasteiger partial charge in [0.25, 0.3) is 0 Å². The summed E-state index contributed by atoms with van der Waals surface area (Å²) >= 11 is 0. The highest BCUT2D eigenvalue weighted by atomic mass is 16.5. The average Bonchev–Trinajstić information content (AvgIpc) is 3.00. The normalized spacial score (nSPS) is 11.8. The number of aromatic amines is 1. The fourth-order valence-corrected chi connectivity index (χ4v) is 3.05. The summed E-state index contributed by atoms with van der Waals surface area (Å²) in [6, 6.07) is 6.41. The van der Waals surface area contributed by atoms with Crippen LogP contribution < -0.4 is 10.1 Å². The van der Waals surface area contributed by atoms with Crippen LogP contribution in [0.25, 0.3) is 0 Å². The zero-order valence-corrected chi connectivity index (χ0v) is 17.6. The molecule has 0 saturated heterocycles. The number of amides is 1. The summed E-state index contributed by atoms with van der Waals surface area (Å²) in [6.07, 6.45) is 0. The maximum atomic E-state index is 12.9. The van der Waals surface area contributed by atoms with E-state index in [9.17, 15) is 14.4 Å². The minimum atomic E-state index is -0.570. The van der Waals surface area contributed by atoms with E-state index in [4.69, 9.17) is 9.47 Å². The molecule has 0 aliphatic rings. The van der Waals surface area contributed by atoms with Gasteiger partial charge in [-0.2, -0.15) is 0 Å². The molecule has 0 spiro atoms. The molecule has 1 aromatic carbocycles. The molecule has 0 fully saturated rings. The van der Waals surface area contributed by atoms with Gasteiger partial charge in [0.2, 0.25) is 5.91 Å². The average molecular weight is 401 g/mol. The van der Waals surface area contributed by atoms with Crippen LogP contribution in [-0.2, 0) is 9.53 Å². The number of aryl methyl sites for hydroxylation is 1. The van der Waals surface area contributed by atoms with Crippen molar-refractivity contribution >= 4 is 23.3 Å². The first-order valence-corrected chi connectivity index (χ1v) is 9.15. The van der Waals surface area contributed by atoms with E-state index in [1.807, 2.05) is 0 Å². The Labute approximate surface area is 170 Å². The highest BCUT2D eigenvalue weighted by Gasteiger charge is 2.27. The fraction of sp³-hybridized carbons (Fsp3) is 0.381. The molecule has 1 amide bonds. The van der Waals surface area contributed by atoms with Gasteiger partial charge in [-0.15, -0.1) is 0 Å². The van der Waals surface area contributed by atoms with Crippen molar-refractivity contribution in [3.63, 3.8) is 0 Å². The van der Waals surface area contributed by atoms with Gasteiger partial charge in [0.15, 0.2) is 5.78 Å². The lowest BCUT2D eigenvalue weighted by atomic mass is 10.0. The molecule has 0 radical (unpaired) electrons. The molecule has 2 rings (SSSR count). The largest absolute Gasteiger partial charge is 0.497 e. The maximum absolute atomic E-state index is 12.9. The number of esters is 1. The first-order chi connectivity index (χ1) is 13.7. The van der Waals surface area contributed by atoms with Crippen LogP contribution in [-0.4, -0.2) is 61.4 Å². The predicted octanol–water partition coefficient (Wildman–Crippen LogP) is 2.57.